The van der Waals surface area contributed by atoms with Gasteiger partial charge < -0.3 is 15.9 Å². The van der Waals surface area contributed by atoms with Crippen molar-refractivity contribution in [2.75, 3.05) is 5.73 Å². The molecule has 3 rings (SSSR count). The minimum absolute atomic E-state index is 0.0105. The van der Waals surface area contributed by atoms with E-state index < -0.39 is 0 Å². The van der Waals surface area contributed by atoms with Crippen LogP contribution in [0.1, 0.15) is 75.8 Å². The van der Waals surface area contributed by atoms with Gasteiger partial charge in [-0.1, -0.05) is 38.2 Å². The molecular formula is C20H30N2O. The molecule has 0 atom stereocenters. The van der Waals surface area contributed by atoms with Crippen molar-refractivity contribution in [3.63, 3.8) is 0 Å². The molecule has 0 aromatic heterocycles. The Balaban J connectivity index is 1.80. The second-order valence-electron chi connectivity index (χ2n) is 7.49. The number of ether oxygens (including phenoxy) is 1. The Hall–Kier alpha value is -1.35. The fourth-order valence-electron chi connectivity index (χ4n) is 4.30. The van der Waals surface area contributed by atoms with Crippen molar-refractivity contribution in [3.8, 4) is 0 Å². The molecule has 2 fully saturated rings. The Bertz CT molecular complexity index is 555. The first-order valence-electron chi connectivity index (χ1n) is 9.20. The molecule has 3 heteroatoms. The molecule has 2 aliphatic carbocycles. The zero-order valence-electron chi connectivity index (χ0n) is 14.4. The van der Waals surface area contributed by atoms with E-state index in [-0.39, 0.29) is 5.60 Å². The van der Waals surface area contributed by atoms with E-state index in [1.54, 1.807) is 6.92 Å². The summed E-state index contributed by atoms with van der Waals surface area (Å²) < 4.78 is 6.69. The Labute approximate surface area is 140 Å². The summed E-state index contributed by atoms with van der Waals surface area (Å²) in [5.74, 6) is 0. The van der Waals surface area contributed by atoms with E-state index in [4.69, 9.17) is 15.9 Å². The predicted octanol–water partition coefficient (Wildman–Crippen LogP) is 4.86. The van der Waals surface area contributed by atoms with Crippen LogP contribution in [0.2, 0.25) is 0 Å². The average Bonchev–Trinajstić information content (AvgIpc) is 3.02. The van der Waals surface area contributed by atoms with Gasteiger partial charge in [0.1, 0.15) is 0 Å². The van der Waals surface area contributed by atoms with E-state index in [2.05, 4.69) is 12.1 Å². The van der Waals surface area contributed by atoms with E-state index in [0.717, 1.165) is 12.0 Å². The highest BCUT2D eigenvalue weighted by Gasteiger charge is 2.36. The van der Waals surface area contributed by atoms with Crippen LogP contribution in [0.4, 0.5) is 5.69 Å². The van der Waals surface area contributed by atoms with Crippen molar-refractivity contribution in [1.29, 1.82) is 5.41 Å². The van der Waals surface area contributed by atoms with E-state index in [9.17, 15) is 0 Å². The lowest BCUT2D eigenvalue weighted by Crippen LogP contribution is -2.40. The van der Waals surface area contributed by atoms with Gasteiger partial charge in [0.25, 0.3) is 0 Å². The summed E-state index contributed by atoms with van der Waals surface area (Å²) in [7, 11) is 0. The molecule has 0 radical (unpaired) electrons. The molecule has 1 aromatic rings. The molecule has 0 spiro atoms. The van der Waals surface area contributed by atoms with Crippen molar-refractivity contribution in [1.82, 2.24) is 0 Å². The summed E-state index contributed by atoms with van der Waals surface area (Å²) in [5, 5.41) is 7.91. The van der Waals surface area contributed by atoms with E-state index in [1.165, 1.54) is 63.4 Å². The number of hydrogen-bond donors (Lipinski definition) is 2. The zero-order chi connectivity index (χ0) is 16.3. The highest BCUT2D eigenvalue weighted by atomic mass is 16.5. The molecule has 0 bridgehead atoms. The molecule has 2 aliphatic rings. The molecule has 3 N–H and O–H groups in total. The molecule has 1 aromatic carbocycles. The van der Waals surface area contributed by atoms with Crippen LogP contribution in [0.3, 0.4) is 0 Å². The summed E-state index contributed by atoms with van der Waals surface area (Å²) in [5.41, 5.74) is 9.41. The van der Waals surface area contributed by atoms with Crippen molar-refractivity contribution in [2.45, 2.75) is 82.8 Å². The van der Waals surface area contributed by atoms with Gasteiger partial charge in [-0.2, -0.15) is 0 Å². The monoisotopic (exact) mass is 314 g/mol. The molecule has 0 unspecified atom stereocenters. The molecular weight excluding hydrogens is 284 g/mol. The molecule has 23 heavy (non-hydrogen) atoms. The fraction of sp³-hybridized carbons (Fsp3) is 0.650. The molecule has 0 amide bonds. The third-order valence-electron chi connectivity index (χ3n) is 5.53. The van der Waals surface area contributed by atoms with Crippen LogP contribution in [0.5, 0.6) is 0 Å². The Kier molecular flexibility index (Phi) is 5.05. The van der Waals surface area contributed by atoms with E-state index >= 15 is 0 Å². The summed E-state index contributed by atoms with van der Waals surface area (Å²) in [6.07, 6.45) is 12.8. The van der Waals surface area contributed by atoms with E-state index in [0.29, 0.717) is 17.5 Å². The summed E-state index contributed by atoms with van der Waals surface area (Å²) in [4.78, 5) is 0. The number of rotatable bonds is 5. The van der Waals surface area contributed by atoms with Crippen molar-refractivity contribution in [2.24, 2.45) is 0 Å². The van der Waals surface area contributed by atoms with E-state index in [1.807, 2.05) is 6.07 Å². The normalized spacial score (nSPS) is 21.4. The third kappa shape index (κ3) is 3.95. The van der Waals surface area contributed by atoms with Gasteiger partial charge in [0.2, 0.25) is 0 Å². The van der Waals surface area contributed by atoms with Crippen molar-refractivity contribution in [3.05, 3.63) is 29.3 Å². The summed E-state index contributed by atoms with van der Waals surface area (Å²) in [6.45, 7) is 1.81. The van der Waals surface area contributed by atoms with Crippen LogP contribution in [-0.4, -0.2) is 17.4 Å². The van der Waals surface area contributed by atoms with Gasteiger partial charge in [0.15, 0.2) is 0 Å². The first kappa shape index (κ1) is 16.5. The molecule has 0 heterocycles. The second-order valence-corrected chi connectivity index (χ2v) is 7.49. The maximum Gasteiger partial charge on any atom is 0.0726 e. The molecule has 3 nitrogen and oxygen atoms in total. The topological polar surface area (TPSA) is 59.1 Å². The van der Waals surface area contributed by atoms with Crippen LogP contribution < -0.4 is 5.73 Å². The number of hydrogen-bond acceptors (Lipinski definition) is 3. The minimum atomic E-state index is 0.0105. The lowest BCUT2D eigenvalue weighted by molar-refractivity contribution is -0.110. The van der Waals surface area contributed by atoms with Gasteiger partial charge >= 0.3 is 0 Å². The molecule has 2 saturated carbocycles. The quantitative estimate of drug-likeness (QED) is 0.602. The fourth-order valence-corrected chi connectivity index (χ4v) is 4.30. The molecule has 0 saturated heterocycles. The maximum absolute atomic E-state index is 7.91. The van der Waals surface area contributed by atoms with Gasteiger partial charge in [-0.25, -0.2) is 0 Å². The Morgan fingerprint density at radius 1 is 1.17 bits per heavy atom. The van der Waals surface area contributed by atoms with Gasteiger partial charge in [0.05, 0.1) is 11.7 Å². The lowest BCUT2D eigenvalue weighted by Gasteiger charge is -2.40. The van der Waals surface area contributed by atoms with Crippen molar-refractivity contribution >= 4 is 11.4 Å². The maximum atomic E-state index is 7.91. The summed E-state index contributed by atoms with van der Waals surface area (Å²) in [6, 6.07) is 6.18. The average molecular weight is 314 g/mol. The van der Waals surface area contributed by atoms with Gasteiger partial charge in [0, 0.05) is 23.4 Å². The molecule has 126 valence electrons. The first-order valence-corrected chi connectivity index (χ1v) is 9.20. The predicted molar refractivity (Wildman–Crippen MR) is 96.2 cm³/mol. The summed E-state index contributed by atoms with van der Waals surface area (Å²) >= 11 is 0. The van der Waals surface area contributed by atoms with Crippen LogP contribution in [0.15, 0.2) is 18.2 Å². The first-order chi connectivity index (χ1) is 11.1. The lowest BCUT2D eigenvalue weighted by atomic mass is 9.79. The number of nitrogen functional groups attached to an aromatic ring is 1. The highest BCUT2D eigenvalue weighted by molar-refractivity contribution is 6.01. The number of anilines is 1. The smallest absolute Gasteiger partial charge is 0.0726 e. The van der Waals surface area contributed by atoms with Gasteiger partial charge in [-0.15, -0.1) is 0 Å². The Morgan fingerprint density at radius 3 is 2.52 bits per heavy atom. The number of benzene rings is 1. The highest BCUT2D eigenvalue weighted by Crippen LogP contribution is 2.38. The van der Waals surface area contributed by atoms with Gasteiger partial charge in [-0.3, -0.25) is 0 Å². The van der Waals surface area contributed by atoms with Gasteiger partial charge in [-0.05, 0) is 50.3 Å². The number of nitrogens with two attached hydrogens (primary N) is 1. The largest absolute Gasteiger partial charge is 0.398 e. The van der Waals surface area contributed by atoms with Crippen LogP contribution in [0, 0.1) is 5.41 Å². The minimum Gasteiger partial charge on any atom is -0.398 e. The number of nitrogens with one attached hydrogen (secondary N) is 1. The third-order valence-corrected chi connectivity index (χ3v) is 5.53. The zero-order valence-corrected chi connectivity index (χ0v) is 14.4. The van der Waals surface area contributed by atoms with Crippen LogP contribution in [-0.2, 0) is 11.2 Å². The standard InChI is InChI=1S/C20H30N2O/c1-15(21)18-13-16(9-10-19(18)22)14-20(11-5-2-6-12-20)23-17-7-3-4-8-17/h9-10,13,17,21H,2-8,11-12,14,22H2,1H3. The second kappa shape index (κ2) is 7.04. The molecule has 0 aliphatic heterocycles. The Morgan fingerprint density at radius 2 is 1.87 bits per heavy atom. The van der Waals surface area contributed by atoms with Crippen LogP contribution >= 0.6 is 0 Å². The SMILES string of the molecule is CC(=N)c1cc(CC2(OC3CCCC3)CCCCC2)ccc1N. The van der Waals surface area contributed by atoms with Crippen LogP contribution in [0.25, 0.3) is 0 Å². The van der Waals surface area contributed by atoms with Crippen molar-refractivity contribution < 1.29 is 4.74 Å².